The van der Waals surface area contributed by atoms with Gasteiger partial charge in [0.25, 0.3) is 0 Å². The molecule has 0 aliphatic carbocycles. The van der Waals surface area contributed by atoms with E-state index in [1.54, 1.807) is 6.08 Å². The molecule has 6 nitrogen and oxygen atoms in total. The Labute approximate surface area is 132 Å². The molecule has 2 heterocycles. The molecule has 0 bridgehead atoms. The summed E-state index contributed by atoms with van der Waals surface area (Å²) in [7, 11) is 0. The largest absolute Gasteiger partial charge is 0.378 e. The van der Waals surface area contributed by atoms with Crippen molar-refractivity contribution in [1.82, 2.24) is 14.7 Å². The average Bonchev–Trinajstić information content (AvgIpc) is 2.54. The normalized spacial score (nSPS) is 21.4. The number of carbonyl (C=O) groups excluding carboxylic acids is 2. The Morgan fingerprint density at radius 2 is 1.55 bits per heavy atom. The second kappa shape index (κ2) is 7.74. The van der Waals surface area contributed by atoms with E-state index in [1.165, 1.54) is 0 Å². The summed E-state index contributed by atoms with van der Waals surface area (Å²) in [5.74, 6) is 0.249. The van der Waals surface area contributed by atoms with Crippen molar-refractivity contribution in [2.24, 2.45) is 0 Å². The summed E-state index contributed by atoms with van der Waals surface area (Å²) < 4.78 is 5.29. The summed E-state index contributed by atoms with van der Waals surface area (Å²) in [5.41, 5.74) is 1.02. The number of hydrogen-bond donors (Lipinski definition) is 0. The van der Waals surface area contributed by atoms with Crippen LogP contribution < -0.4 is 0 Å². The van der Waals surface area contributed by atoms with Gasteiger partial charge >= 0.3 is 0 Å². The van der Waals surface area contributed by atoms with Crippen LogP contribution in [0.2, 0.25) is 0 Å². The molecule has 0 aromatic rings. The Bertz CT molecular complexity index is 432. The van der Waals surface area contributed by atoms with Gasteiger partial charge in [0.2, 0.25) is 11.8 Å². The zero-order valence-electron chi connectivity index (χ0n) is 13.9. The third-order valence-corrected chi connectivity index (χ3v) is 4.27. The van der Waals surface area contributed by atoms with Crippen LogP contribution in [0.25, 0.3) is 0 Å². The molecule has 0 aromatic heterocycles. The monoisotopic (exact) mass is 309 g/mol. The molecule has 1 atom stereocenters. The van der Waals surface area contributed by atoms with Gasteiger partial charge in [-0.2, -0.15) is 0 Å². The molecule has 22 heavy (non-hydrogen) atoms. The minimum Gasteiger partial charge on any atom is -0.378 e. The van der Waals surface area contributed by atoms with E-state index >= 15 is 0 Å². The van der Waals surface area contributed by atoms with Crippen LogP contribution in [0, 0.1) is 0 Å². The maximum absolute atomic E-state index is 12.5. The zero-order chi connectivity index (χ0) is 16.1. The Hall–Kier alpha value is -1.40. The van der Waals surface area contributed by atoms with E-state index in [4.69, 9.17) is 4.74 Å². The van der Waals surface area contributed by atoms with Crippen molar-refractivity contribution in [3.05, 3.63) is 11.6 Å². The standard InChI is InChI=1S/C16H27N3O3/c1-13(2)12-15(20)18-6-4-17(5-7-18)14(3)16(21)19-8-10-22-11-9-19/h12,14H,4-11H2,1-3H3. The Balaban J connectivity index is 1.84. The predicted octanol–water partition coefficient (Wildman–Crippen LogP) is 0.344. The average molecular weight is 309 g/mol. The maximum Gasteiger partial charge on any atom is 0.246 e. The summed E-state index contributed by atoms with van der Waals surface area (Å²) in [5, 5.41) is 0. The molecule has 2 saturated heterocycles. The molecule has 0 radical (unpaired) electrons. The molecule has 124 valence electrons. The minimum atomic E-state index is -0.126. The summed E-state index contributed by atoms with van der Waals surface area (Å²) in [4.78, 5) is 30.4. The van der Waals surface area contributed by atoms with Crippen molar-refractivity contribution in [3.8, 4) is 0 Å². The summed E-state index contributed by atoms with van der Waals surface area (Å²) in [6, 6.07) is -0.126. The van der Waals surface area contributed by atoms with E-state index in [0.29, 0.717) is 39.4 Å². The number of amides is 2. The highest BCUT2D eigenvalue weighted by atomic mass is 16.5. The van der Waals surface area contributed by atoms with E-state index in [-0.39, 0.29) is 17.9 Å². The van der Waals surface area contributed by atoms with E-state index in [2.05, 4.69) is 4.90 Å². The maximum atomic E-state index is 12.5. The molecule has 1 unspecified atom stereocenters. The summed E-state index contributed by atoms with van der Waals surface area (Å²) in [6.07, 6.45) is 1.68. The van der Waals surface area contributed by atoms with Crippen LogP contribution in [-0.2, 0) is 14.3 Å². The van der Waals surface area contributed by atoms with Gasteiger partial charge in [-0.15, -0.1) is 0 Å². The second-order valence-electron chi connectivity index (χ2n) is 6.20. The predicted molar refractivity (Wildman–Crippen MR) is 84.4 cm³/mol. The van der Waals surface area contributed by atoms with Gasteiger partial charge in [0.05, 0.1) is 19.3 Å². The van der Waals surface area contributed by atoms with E-state index in [1.807, 2.05) is 30.6 Å². The fourth-order valence-corrected chi connectivity index (χ4v) is 2.87. The van der Waals surface area contributed by atoms with Crippen LogP contribution in [-0.4, -0.2) is 85.0 Å². The number of allylic oxidation sites excluding steroid dienone is 1. The van der Waals surface area contributed by atoms with Crippen LogP contribution in [0.1, 0.15) is 20.8 Å². The number of morpholine rings is 1. The quantitative estimate of drug-likeness (QED) is 0.706. The molecule has 6 heteroatoms. The van der Waals surface area contributed by atoms with Crippen molar-refractivity contribution in [3.63, 3.8) is 0 Å². The van der Waals surface area contributed by atoms with Gasteiger partial charge in [0.1, 0.15) is 0 Å². The van der Waals surface area contributed by atoms with Gasteiger partial charge < -0.3 is 14.5 Å². The Morgan fingerprint density at radius 1 is 0.955 bits per heavy atom. The van der Waals surface area contributed by atoms with E-state index in [9.17, 15) is 9.59 Å². The number of rotatable bonds is 3. The lowest BCUT2D eigenvalue weighted by Crippen LogP contribution is -2.56. The van der Waals surface area contributed by atoms with Crippen LogP contribution in [0.15, 0.2) is 11.6 Å². The summed E-state index contributed by atoms with van der Waals surface area (Å²) in [6.45, 7) is 11.3. The molecule has 2 aliphatic rings. The molecule has 0 spiro atoms. The van der Waals surface area contributed by atoms with Gasteiger partial charge in [-0.25, -0.2) is 0 Å². The van der Waals surface area contributed by atoms with Gasteiger partial charge in [-0.05, 0) is 20.8 Å². The van der Waals surface area contributed by atoms with Gasteiger partial charge in [-0.1, -0.05) is 5.57 Å². The number of carbonyl (C=O) groups is 2. The van der Waals surface area contributed by atoms with Gasteiger partial charge in [-0.3, -0.25) is 14.5 Å². The van der Waals surface area contributed by atoms with Crippen LogP contribution >= 0.6 is 0 Å². The molecule has 2 rings (SSSR count). The van der Waals surface area contributed by atoms with Crippen molar-refractivity contribution < 1.29 is 14.3 Å². The molecule has 2 aliphatic heterocycles. The minimum absolute atomic E-state index is 0.0757. The zero-order valence-corrected chi connectivity index (χ0v) is 13.9. The highest BCUT2D eigenvalue weighted by Crippen LogP contribution is 2.11. The lowest BCUT2D eigenvalue weighted by molar-refractivity contribution is -0.141. The van der Waals surface area contributed by atoms with Gasteiger partial charge in [0, 0.05) is 45.3 Å². The van der Waals surface area contributed by atoms with Crippen molar-refractivity contribution in [2.45, 2.75) is 26.8 Å². The third-order valence-electron chi connectivity index (χ3n) is 4.27. The molecule has 0 saturated carbocycles. The first-order valence-electron chi connectivity index (χ1n) is 8.03. The SMILES string of the molecule is CC(C)=CC(=O)N1CCN(C(C)C(=O)N2CCOCC2)CC1. The fourth-order valence-electron chi connectivity index (χ4n) is 2.87. The van der Waals surface area contributed by atoms with Crippen molar-refractivity contribution >= 4 is 11.8 Å². The first-order chi connectivity index (χ1) is 10.5. The van der Waals surface area contributed by atoms with Crippen molar-refractivity contribution in [2.75, 3.05) is 52.5 Å². The Morgan fingerprint density at radius 3 is 2.09 bits per heavy atom. The molecule has 2 fully saturated rings. The van der Waals surface area contributed by atoms with E-state index < -0.39 is 0 Å². The number of piperazine rings is 1. The first kappa shape index (κ1) is 17.0. The number of nitrogens with zero attached hydrogens (tertiary/aromatic N) is 3. The molecule has 2 amide bonds. The number of ether oxygens (including phenoxy) is 1. The number of hydrogen-bond acceptors (Lipinski definition) is 4. The second-order valence-corrected chi connectivity index (χ2v) is 6.20. The van der Waals surface area contributed by atoms with Crippen LogP contribution in [0.5, 0.6) is 0 Å². The molecular weight excluding hydrogens is 282 g/mol. The highest BCUT2D eigenvalue weighted by Gasteiger charge is 2.30. The topological polar surface area (TPSA) is 53.1 Å². The smallest absolute Gasteiger partial charge is 0.246 e. The Kier molecular flexibility index (Phi) is 5.97. The van der Waals surface area contributed by atoms with Crippen LogP contribution in [0.3, 0.4) is 0 Å². The van der Waals surface area contributed by atoms with Crippen molar-refractivity contribution in [1.29, 1.82) is 0 Å². The van der Waals surface area contributed by atoms with Gasteiger partial charge in [0.15, 0.2) is 0 Å². The lowest BCUT2D eigenvalue weighted by atomic mass is 10.2. The summed E-state index contributed by atoms with van der Waals surface area (Å²) >= 11 is 0. The lowest BCUT2D eigenvalue weighted by Gasteiger charge is -2.39. The fraction of sp³-hybridized carbons (Fsp3) is 0.750. The molecular formula is C16H27N3O3. The van der Waals surface area contributed by atoms with E-state index in [0.717, 1.165) is 18.7 Å². The molecule has 0 aromatic carbocycles. The highest BCUT2D eigenvalue weighted by molar-refractivity contribution is 5.88. The van der Waals surface area contributed by atoms with Crippen LogP contribution in [0.4, 0.5) is 0 Å². The molecule has 0 N–H and O–H groups in total. The first-order valence-corrected chi connectivity index (χ1v) is 8.03. The third kappa shape index (κ3) is 4.30.